The van der Waals surface area contributed by atoms with Crippen LogP contribution in [0.1, 0.15) is 59.2 Å². The standard InChI is InChI=1S/C25H29ClFN5O.C2H7N/c1-16(19-4-5-22(26)21(12-33)20(19)10-28)18-8-25(9-18)13-31(14-25)6-2-3-17-7-24(30)32(15-29)11-23(17)27;1-3-2/h4-5,7,10-12,15-16,18,28-30H,2-3,6,8-9,13-14H2,1H3;3H,1-2H3. The van der Waals surface area contributed by atoms with Gasteiger partial charge in [-0.2, -0.15) is 0 Å². The Balaban J connectivity index is 0.00000115. The van der Waals surface area contributed by atoms with Crippen LogP contribution in [0.2, 0.25) is 5.02 Å². The monoisotopic (exact) mass is 514 g/mol. The molecule has 4 N–H and O–H groups in total. The van der Waals surface area contributed by atoms with Crippen molar-refractivity contribution in [1.29, 1.82) is 16.2 Å². The molecule has 1 saturated heterocycles. The average Bonchev–Trinajstić information content (AvgIpc) is 2.80. The Morgan fingerprint density at radius 3 is 2.50 bits per heavy atom. The lowest BCUT2D eigenvalue weighted by atomic mass is 9.54. The van der Waals surface area contributed by atoms with Gasteiger partial charge in [0.25, 0.3) is 0 Å². The molecule has 1 aromatic carbocycles. The minimum Gasteiger partial charge on any atom is -0.323 e. The van der Waals surface area contributed by atoms with Crippen molar-refractivity contribution in [3.8, 4) is 0 Å². The van der Waals surface area contributed by atoms with Crippen molar-refractivity contribution in [2.24, 2.45) is 11.3 Å². The summed E-state index contributed by atoms with van der Waals surface area (Å²) in [5.74, 6) is 0.427. The van der Waals surface area contributed by atoms with E-state index in [1.807, 2.05) is 20.2 Å². The maximum Gasteiger partial charge on any atom is 0.152 e. The molecule has 2 aromatic rings. The second kappa shape index (κ2) is 12.0. The zero-order valence-corrected chi connectivity index (χ0v) is 22.0. The van der Waals surface area contributed by atoms with E-state index in [2.05, 4.69) is 17.1 Å². The van der Waals surface area contributed by atoms with Crippen molar-refractivity contribution in [3.63, 3.8) is 0 Å². The largest absolute Gasteiger partial charge is 0.323 e. The smallest absolute Gasteiger partial charge is 0.152 e. The zero-order valence-electron chi connectivity index (χ0n) is 21.2. The topological polar surface area (TPSA) is 109 Å². The first-order valence-corrected chi connectivity index (χ1v) is 12.6. The van der Waals surface area contributed by atoms with Gasteiger partial charge in [-0.25, -0.2) is 4.39 Å². The van der Waals surface area contributed by atoms with Crippen molar-refractivity contribution >= 4 is 30.4 Å². The van der Waals surface area contributed by atoms with E-state index in [9.17, 15) is 9.18 Å². The molecule has 7 nitrogen and oxygen atoms in total. The van der Waals surface area contributed by atoms with Gasteiger partial charge in [-0.15, -0.1) is 0 Å². The number of carbonyl (C=O) groups excluding carboxylic acids is 1. The van der Waals surface area contributed by atoms with Crippen LogP contribution in [0.25, 0.3) is 0 Å². The fourth-order valence-electron chi connectivity index (χ4n) is 5.66. The second-order valence-corrected chi connectivity index (χ2v) is 10.5. The van der Waals surface area contributed by atoms with Gasteiger partial charge < -0.3 is 15.6 Å². The summed E-state index contributed by atoms with van der Waals surface area (Å²) in [6, 6.07) is 5.21. The van der Waals surface area contributed by atoms with E-state index in [4.69, 9.17) is 27.8 Å². The first-order valence-electron chi connectivity index (χ1n) is 12.3. The number of nitrogens with zero attached hydrogens (tertiary/aromatic N) is 2. The highest BCUT2D eigenvalue weighted by atomic mass is 35.5. The Morgan fingerprint density at radius 2 is 1.92 bits per heavy atom. The number of pyridine rings is 1. The molecule has 1 saturated carbocycles. The normalized spacial score (nSPS) is 17.4. The van der Waals surface area contributed by atoms with Gasteiger partial charge in [0.1, 0.15) is 11.3 Å². The summed E-state index contributed by atoms with van der Waals surface area (Å²) >= 11 is 6.14. The van der Waals surface area contributed by atoms with E-state index in [-0.39, 0.29) is 17.2 Å². The summed E-state index contributed by atoms with van der Waals surface area (Å²) in [6.07, 6.45) is 7.81. The SMILES string of the molecule is CC(c1ccc(Cl)c(C=O)c1C=N)C1CC2(C1)CN(CCCc1cc(=N)n(C=N)cc1F)C2.CNC. The first kappa shape index (κ1) is 27.9. The number of benzene rings is 1. The predicted molar refractivity (Wildman–Crippen MR) is 142 cm³/mol. The molecule has 0 amide bonds. The Bertz CT molecular complexity index is 1170. The minimum absolute atomic E-state index is 0.117. The van der Waals surface area contributed by atoms with E-state index in [0.717, 1.165) is 61.7 Å². The molecule has 1 unspecified atom stereocenters. The molecule has 1 aliphatic heterocycles. The molecule has 36 heavy (non-hydrogen) atoms. The van der Waals surface area contributed by atoms with Crippen molar-refractivity contribution in [1.82, 2.24) is 14.8 Å². The quantitative estimate of drug-likeness (QED) is 0.227. The Kier molecular flexibility index (Phi) is 9.33. The summed E-state index contributed by atoms with van der Waals surface area (Å²) < 4.78 is 15.3. The number of halogens is 2. The lowest BCUT2D eigenvalue weighted by Crippen LogP contribution is -2.62. The minimum atomic E-state index is -0.366. The van der Waals surface area contributed by atoms with Gasteiger partial charge >= 0.3 is 0 Å². The lowest BCUT2D eigenvalue weighted by Gasteiger charge is -2.60. The van der Waals surface area contributed by atoms with Crippen LogP contribution in [0.4, 0.5) is 4.39 Å². The van der Waals surface area contributed by atoms with E-state index < -0.39 is 0 Å². The second-order valence-electron chi connectivity index (χ2n) is 10.1. The molecule has 4 rings (SSSR count). The number of hydrogen-bond acceptors (Lipinski definition) is 6. The summed E-state index contributed by atoms with van der Waals surface area (Å²) in [4.78, 5) is 13.9. The van der Waals surface area contributed by atoms with Gasteiger partial charge in [0, 0.05) is 36.6 Å². The number of aldehydes is 1. The number of likely N-dealkylation sites (tertiary alicyclic amines) is 1. The van der Waals surface area contributed by atoms with Crippen LogP contribution in [0.5, 0.6) is 0 Å². The zero-order chi connectivity index (χ0) is 26.5. The summed E-state index contributed by atoms with van der Waals surface area (Å²) in [6.45, 7) is 5.20. The van der Waals surface area contributed by atoms with Crippen molar-refractivity contribution < 1.29 is 9.18 Å². The molecule has 0 bridgehead atoms. The van der Waals surface area contributed by atoms with Gasteiger partial charge in [-0.05, 0) is 86.8 Å². The molecule has 1 spiro atoms. The number of nitrogens with one attached hydrogen (secondary N) is 4. The number of aryl methyl sites for hydroxylation is 1. The Labute approximate surface area is 217 Å². The third-order valence-corrected chi connectivity index (χ3v) is 7.77. The third-order valence-electron chi connectivity index (χ3n) is 7.44. The average molecular weight is 515 g/mol. The Hall–Kier alpha value is -2.68. The van der Waals surface area contributed by atoms with Crippen LogP contribution in [0.3, 0.4) is 0 Å². The van der Waals surface area contributed by atoms with Gasteiger partial charge in [0.15, 0.2) is 6.29 Å². The third kappa shape index (κ3) is 5.82. The van der Waals surface area contributed by atoms with Crippen LogP contribution in [-0.4, -0.2) is 62.0 Å². The number of carbonyl (C=O) groups is 1. The molecule has 2 heterocycles. The highest BCUT2D eigenvalue weighted by Crippen LogP contribution is 2.56. The lowest BCUT2D eigenvalue weighted by molar-refractivity contribution is -0.0995. The summed E-state index contributed by atoms with van der Waals surface area (Å²) in [7, 11) is 3.75. The predicted octanol–water partition coefficient (Wildman–Crippen LogP) is 4.31. The van der Waals surface area contributed by atoms with Crippen LogP contribution in [0.15, 0.2) is 24.4 Å². The maximum absolute atomic E-state index is 14.1. The highest BCUT2D eigenvalue weighted by Gasteiger charge is 2.53. The Morgan fingerprint density at radius 1 is 1.25 bits per heavy atom. The number of hydrogen-bond donors (Lipinski definition) is 4. The highest BCUT2D eigenvalue weighted by molar-refractivity contribution is 6.33. The fourth-order valence-corrected chi connectivity index (χ4v) is 5.87. The summed E-state index contributed by atoms with van der Waals surface area (Å²) in [5, 5.41) is 25.9. The molecule has 2 aliphatic rings. The van der Waals surface area contributed by atoms with E-state index in [1.165, 1.54) is 18.5 Å². The van der Waals surface area contributed by atoms with Gasteiger partial charge in [-0.1, -0.05) is 24.6 Å². The van der Waals surface area contributed by atoms with Crippen molar-refractivity contribution in [2.45, 2.75) is 38.5 Å². The van der Waals surface area contributed by atoms with Gasteiger partial charge in [0.05, 0.1) is 11.4 Å². The molecular weight excluding hydrogens is 479 g/mol. The summed E-state index contributed by atoms with van der Waals surface area (Å²) in [5.41, 5.74) is 3.08. The van der Waals surface area contributed by atoms with Crippen molar-refractivity contribution in [2.75, 3.05) is 33.7 Å². The number of aromatic nitrogens is 1. The first-order chi connectivity index (χ1) is 17.2. The van der Waals surface area contributed by atoms with E-state index in [0.29, 0.717) is 39.5 Å². The molecule has 1 aromatic heterocycles. The number of rotatable bonds is 9. The molecule has 9 heteroatoms. The molecular formula is C27H36ClFN6O. The van der Waals surface area contributed by atoms with Crippen LogP contribution in [-0.2, 0) is 6.42 Å². The molecule has 2 fully saturated rings. The van der Waals surface area contributed by atoms with Gasteiger partial charge in [0.2, 0.25) is 0 Å². The maximum atomic E-state index is 14.1. The van der Waals surface area contributed by atoms with Crippen LogP contribution in [0, 0.1) is 33.4 Å². The molecule has 1 atom stereocenters. The molecule has 0 radical (unpaired) electrons. The molecule has 194 valence electrons. The molecule has 1 aliphatic carbocycles. The van der Waals surface area contributed by atoms with Crippen molar-refractivity contribution in [3.05, 3.63) is 63.0 Å². The fraction of sp³-hybridized carbons (Fsp3) is 0.481. The van der Waals surface area contributed by atoms with Gasteiger partial charge in [-0.3, -0.25) is 20.2 Å². The van der Waals surface area contributed by atoms with Crippen LogP contribution < -0.4 is 10.8 Å². The van der Waals surface area contributed by atoms with Crippen LogP contribution >= 0.6 is 11.6 Å². The van der Waals surface area contributed by atoms with E-state index in [1.54, 1.807) is 6.07 Å². The van der Waals surface area contributed by atoms with E-state index >= 15 is 0 Å².